The Morgan fingerprint density at radius 3 is 2.94 bits per heavy atom. The van der Waals surface area contributed by atoms with Crippen molar-refractivity contribution in [1.82, 2.24) is 4.90 Å². The van der Waals surface area contributed by atoms with E-state index >= 15 is 0 Å². The third-order valence-corrected chi connectivity index (χ3v) is 4.91. The summed E-state index contributed by atoms with van der Waals surface area (Å²) in [6, 6.07) is 8.02. The zero-order chi connectivity index (χ0) is 12.7. The Morgan fingerprint density at radius 1 is 1.28 bits per heavy atom. The minimum Gasteiger partial charge on any atom is -0.366 e. The number of nitrogens with zero attached hydrogens (tertiary/aromatic N) is 2. The van der Waals surface area contributed by atoms with Gasteiger partial charge in [-0.25, -0.2) is 0 Å². The predicted octanol–water partition coefficient (Wildman–Crippen LogP) is 3.43. The zero-order valence-electron chi connectivity index (χ0n) is 11.2. The van der Waals surface area contributed by atoms with E-state index in [1.807, 2.05) is 0 Å². The Bertz CT molecular complexity index is 446. The lowest BCUT2D eigenvalue weighted by Gasteiger charge is -2.44. The predicted molar refractivity (Wildman–Crippen MR) is 80.3 cm³/mol. The minimum absolute atomic E-state index is 0.618. The molecule has 98 valence electrons. The molecule has 0 aliphatic carbocycles. The van der Waals surface area contributed by atoms with E-state index in [0.717, 1.165) is 6.04 Å². The van der Waals surface area contributed by atoms with Crippen LogP contribution in [0, 0.1) is 6.92 Å². The highest BCUT2D eigenvalue weighted by Gasteiger charge is 2.34. The highest BCUT2D eigenvalue weighted by atomic mass is 79.9. The molecule has 0 N–H and O–H groups in total. The zero-order valence-corrected chi connectivity index (χ0v) is 12.8. The number of fused-ring (bicyclic) bond motifs is 1. The molecule has 18 heavy (non-hydrogen) atoms. The van der Waals surface area contributed by atoms with Gasteiger partial charge in [-0.15, -0.1) is 0 Å². The van der Waals surface area contributed by atoms with Gasteiger partial charge in [-0.05, 0) is 50.9 Å². The van der Waals surface area contributed by atoms with Crippen LogP contribution < -0.4 is 4.90 Å². The summed E-state index contributed by atoms with van der Waals surface area (Å²) in [7, 11) is 0. The van der Waals surface area contributed by atoms with Crippen molar-refractivity contribution in [3.8, 4) is 0 Å². The average Bonchev–Trinajstić information content (AvgIpc) is 2.78. The van der Waals surface area contributed by atoms with Crippen molar-refractivity contribution in [3.05, 3.63) is 28.2 Å². The first-order valence-electron chi connectivity index (χ1n) is 6.92. The van der Waals surface area contributed by atoms with Gasteiger partial charge in [0, 0.05) is 35.3 Å². The number of anilines is 1. The van der Waals surface area contributed by atoms with Gasteiger partial charge in [0.25, 0.3) is 0 Å². The molecule has 2 aliphatic rings. The summed E-state index contributed by atoms with van der Waals surface area (Å²) < 4.78 is 1.18. The summed E-state index contributed by atoms with van der Waals surface area (Å²) in [5.41, 5.74) is 2.79. The molecule has 0 bridgehead atoms. The lowest BCUT2D eigenvalue weighted by molar-refractivity contribution is 0.203. The maximum atomic E-state index is 3.60. The lowest BCUT2D eigenvalue weighted by atomic mass is 10.0. The number of benzene rings is 1. The Morgan fingerprint density at radius 2 is 2.11 bits per heavy atom. The number of piperazine rings is 1. The molecule has 1 aromatic carbocycles. The van der Waals surface area contributed by atoms with E-state index in [9.17, 15) is 0 Å². The average molecular weight is 309 g/mol. The third-order valence-electron chi connectivity index (χ3n) is 4.42. The second kappa shape index (κ2) is 4.86. The molecule has 2 nitrogen and oxygen atoms in total. The van der Waals surface area contributed by atoms with Crippen LogP contribution in [-0.4, -0.2) is 36.6 Å². The number of halogens is 1. The lowest BCUT2D eigenvalue weighted by Crippen LogP contribution is -2.55. The molecule has 2 atom stereocenters. The SMILES string of the molecule is Cc1ccc(Br)cc1N1CC2CCCN2CC1C. The quantitative estimate of drug-likeness (QED) is 0.784. The van der Waals surface area contributed by atoms with Crippen molar-refractivity contribution >= 4 is 21.6 Å². The van der Waals surface area contributed by atoms with Crippen LogP contribution in [0.15, 0.2) is 22.7 Å². The topological polar surface area (TPSA) is 6.48 Å². The molecular formula is C15H21BrN2. The molecule has 0 aromatic heterocycles. The summed E-state index contributed by atoms with van der Waals surface area (Å²) in [4.78, 5) is 5.28. The molecular weight excluding hydrogens is 288 g/mol. The molecule has 0 saturated carbocycles. The van der Waals surface area contributed by atoms with Crippen LogP contribution in [0.25, 0.3) is 0 Å². The first kappa shape index (κ1) is 12.5. The molecule has 3 rings (SSSR count). The van der Waals surface area contributed by atoms with Crippen LogP contribution in [0.2, 0.25) is 0 Å². The fraction of sp³-hybridized carbons (Fsp3) is 0.600. The molecule has 2 heterocycles. The van der Waals surface area contributed by atoms with E-state index in [4.69, 9.17) is 0 Å². The highest BCUT2D eigenvalue weighted by molar-refractivity contribution is 9.10. The molecule has 0 spiro atoms. The standard InChI is InChI=1S/C15H21BrN2/c1-11-5-6-13(16)8-15(11)18-10-14-4-3-7-17(14)9-12(18)2/h5-6,8,12,14H,3-4,7,9-10H2,1-2H3. The molecule has 2 unspecified atom stereocenters. The highest BCUT2D eigenvalue weighted by Crippen LogP contribution is 2.32. The largest absolute Gasteiger partial charge is 0.366 e. The van der Waals surface area contributed by atoms with Gasteiger partial charge in [0.15, 0.2) is 0 Å². The van der Waals surface area contributed by atoms with Gasteiger partial charge in [0.2, 0.25) is 0 Å². The molecule has 2 saturated heterocycles. The van der Waals surface area contributed by atoms with E-state index in [0.29, 0.717) is 6.04 Å². The molecule has 0 radical (unpaired) electrons. The molecule has 2 aliphatic heterocycles. The summed E-state index contributed by atoms with van der Waals surface area (Å²) >= 11 is 3.60. The first-order chi connectivity index (χ1) is 8.65. The number of rotatable bonds is 1. The van der Waals surface area contributed by atoms with Gasteiger partial charge >= 0.3 is 0 Å². The Balaban J connectivity index is 1.88. The second-order valence-electron chi connectivity index (χ2n) is 5.72. The summed E-state index contributed by atoms with van der Waals surface area (Å²) in [5.74, 6) is 0. The second-order valence-corrected chi connectivity index (χ2v) is 6.64. The van der Waals surface area contributed by atoms with E-state index in [-0.39, 0.29) is 0 Å². The Hall–Kier alpha value is -0.540. The molecule has 2 fully saturated rings. The van der Waals surface area contributed by atoms with Gasteiger partial charge in [-0.1, -0.05) is 22.0 Å². The van der Waals surface area contributed by atoms with Crippen molar-refractivity contribution in [3.63, 3.8) is 0 Å². The van der Waals surface area contributed by atoms with Crippen LogP contribution in [0.4, 0.5) is 5.69 Å². The molecule has 0 amide bonds. The van der Waals surface area contributed by atoms with Crippen LogP contribution in [0.5, 0.6) is 0 Å². The first-order valence-corrected chi connectivity index (χ1v) is 7.71. The Labute approximate surface area is 118 Å². The maximum absolute atomic E-state index is 3.60. The van der Waals surface area contributed by atoms with Gasteiger partial charge in [-0.3, -0.25) is 4.90 Å². The van der Waals surface area contributed by atoms with Crippen molar-refractivity contribution in [2.45, 2.75) is 38.8 Å². The van der Waals surface area contributed by atoms with Gasteiger partial charge in [-0.2, -0.15) is 0 Å². The summed E-state index contributed by atoms with van der Waals surface area (Å²) in [6.45, 7) is 8.29. The van der Waals surface area contributed by atoms with Crippen molar-refractivity contribution in [2.75, 3.05) is 24.5 Å². The van der Waals surface area contributed by atoms with Crippen molar-refractivity contribution < 1.29 is 0 Å². The normalized spacial score (nSPS) is 28.5. The summed E-state index contributed by atoms with van der Waals surface area (Å²) in [5, 5.41) is 0. The fourth-order valence-electron chi connectivity index (χ4n) is 3.41. The monoisotopic (exact) mass is 308 g/mol. The molecule has 3 heteroatoms. The van der Waals surface area contributed by atoms with Crippen LogP contribution >= 0.6 is 15.9 Å². The number of hydrogen-bond acceptors (Lipinski definition) is 2. The van der Waals surface area contributed by atoms with Crippen molar-refractivity contribution in [1.29, 1.82) is 0 Å². The van der Waals surface area contributed by atoms with Crippen LogP contribution in [0.1, 0.15) is 25.3 Å². The van der Waals surface area contributed by atoms with Crippen LogP contribution in [0.3, 0.4) is 0 Å². The van der Waals surface area contributed by atoms with Gasteiger partial charge in [0.05, 0.1) is 0 Å². The van der Waals surface area contributed by atoms with Crippen molar-refractivity contribution in [2.24, 2.45) is 0 Å². The van der Waals surface area contributed by atoms with E-state index < -0.39 is 0 Å². The Kier molecular flexibility index (Phi) is 3.37. The van der Waals surface area contributed by atoms with E-state index in [2.05, 4.69) is 57.8 Å². The minimum atomic E-state index is 0.618. The molecule has 1 aromatic rings. The number of aryl methyl sites for hydroxylation is 1. The van der Waals surface area contributed by atoms with Gasteiger partial charge in [0.1, 0.15) is 0 Å². The van der Waals surface area contributed by atoms with Gasteiger partial charge < -0.3 is 4.90 Å². The van der Waals surface area contributed by atoms with E-state index in [1.165, 1.54) is 48.2 Å². The van der Waals surface area contributed by atoms with E-state index in [1.54, 1.807) is 0 Å². The fourth-order valence-corrected chi connectivity index (χ4v) is 3.76. The third kappa shape index (κ3) is 2.19. The number of hydrogen-bond donors (Lipinski definition) is 0. The summed E-state index contributed by atoms with van der Waals surface area (Å²) in [6.07, 6.45) is 2.75. The van der Waals surface area contributed by atoms with Crippen LogP contribution in [-0.2, 0) is 0 Å². The smallest absolute Gasteiger partial charge is 0.0410 e. The maximum Gasteiger partial charge on any atom is 0.0410 e.